The summed E-state index contributed by atoms with van der Waals surface area (Å²) in [5.74, 6) is 0.748. The molecule has 0 bridgehead atoms. The van der Waals surface area contributed by atoms with Crippen molar-refractivity contribution in [2.24, 2.45) is 0 Å². The first kappa shape index (κ1) is 18.8. The number of rotatable bonds is 8. The molecule has 140 valence electrons. The molecule has 1 aromatic carbocycles. The Morgan fingerprint density at radius 1 is 1.23 bits per heavy atom. The zero-order valence-corrected chi connectivity index (χ0v) is 15.8. The molecule has 7 nitrogen and oxygen atoms in total. The van der Waals surface area contributed by atoms with Crippen LogP contribution in [0.1, 0.15) is 34.8 Å². The van der Waals surface area contributed by atoms with Crippen LogP contribution in [0, 0.1) is 6.92 Å². The van der Waals surface area contributed by atoms with Gasteiger partial charge in [-0.1, -0.05) is 48.1 Å². The van der Waals surface area contributed by atoms with Crippen molar-refractivity contribution in [3.63, 3.8) is 0 Å². The normalized spacial score (nSPS) is 13.0. The molecular weight excluding hydrogens is 352 g/mol. The Labute approximate surface area is 156 Å². The molecule has 0 amide bonds. The molecule has 8 heteroatoms. The summed E-state index contributed by atoms with van der Waals surface area (Å²) >= 11 is 1.38. The molecule has 0 spiro atoms. The first-order chi connectivity index (χ1) is 12.6. The minimum atomic E-state index is -0.298. The third kappa shape index (κ3) is 3.59. The van der Waals surface area contributed by atoms with Crippen LogP contribution in [-0.4, -0.2) is 61.1 Å². The summed E-state index contributed by atoms with van der Waals surface area (Å²) in [4.78, 5) is 7.75. The summed E-state index contributed by atoms with van der Waals surface area (Å²) in [6.45, 7) is 4.67. The molecule has 3 N–H and O–H groups in total. The van der Waals surface area contributed by atoms with Gasteiger partial charge in [-0.2, -0.15) is 4.52 Å². The average molecular weight is 376 g/mol. The summed E-state index contributed by atoms with van der Waals surface area (Å²) in [6.07, 6.45) is 0.700. The predicted molar refractivity (Wildman–Crippen MR) is 101 cm³/mol. The number of benzene rings is 1. The summed E-state index contributed by atoms with van der Waals surface area (Å²) in [5.41, 5.74) is 2.09. The number of thiazole rings is 1. The largest absolute Gasteiger partial charge is 0.492 e. The quantitative estimate of drug-likeness (QED) is 0.554. The van der Waals surface area contributed by atoms with Crippen LogP contribution in [0.25, 0.3) is 4.96 Å². The van der Waals surface area contributed by atoms with Crippen LogP contribution < -0.4 is 0 Å². The lowest BCUT2D eigenvalue weighted by atomic mass is 10.0. The Morgan fingerprint density at radius 2 is 1.96 bits per heavy atom. The van der Waals surface area contributed by atoms with Gasteiger partial charge in [0.15, 0.2) is 5.82 Å². The molecule has 1 atom stereocenters. The molecule has 0 saturated heterocycles. The number of aliphatic hydroxyl groups excluding tert-OH is 2. The highest BCUT2D eigenvalue weighted by Crippen LogP contribution is 2.39. The van der Waals surface area contributed by atoms with Crippen LogP contribution in [0.3, 0.4) is 0 Å². The van der Waals surface area contributed by atoms with Gasteiger partial charge in [-0.05, 0) is 12.5 Å². The van der Waals surface area contributed by atoms with Gasteiger partial charge in [-0.15, -0.1) is 5.10 Å². The Kier molecular flexibility index (Phi) is 5.87. The fraction of sp³-hybridized carbons (Fsp3) is 0.444. The SMILES string of the molecule is CCc1nc2sc(C(c3cccc(C)c3)N(CCO)CCO)c(O)n2n1. The zero-order chi connectivity index (χ0) is 18.7. The number of hydrogen-bond acceptors (Lipinski definition) is 7. The lowest BCUT2D eigenvalue weighted by Gasteiger charge is -2.30. The Bertz CT molecular complexity index is 871. The maximum Gasteiger partial charge on any atom is 0.230 e. The molecule has 0 fully saturated rings. The van der Waals surface area contributed by atoms with Gasteiger partial charge in [-0.3, -0.25) is 4.90 Å². The van der Waals surface area contributed by atoms with Crippen LogP contribution in [-0.2, 0) is 6.42 Å². The van der Waals surface area contributed by atoms with E-state index in [4.69, 9.17) is 0 Å². The van der Waals surface area contributed by atoms with E-state index < -0.39 is 0 Å². The average Bonchev–Trinajstić information content (AvgIpc) is 3.15. The minimum absolute atomic E-state index is 0.0379. The first-order valence-electron chi connectivity index (χ1n) is 8.68. The van der Waals surface area contributed by atoms with Crippen LogP contribution in [0.4, 0.5) is 0 Å². The summed E-state index contributed by atoms with van der Waals surface area (Å²) in [5, 5.41) is 34.1. The third-order valence-electron chi connectivity index (χ3n) is 4.31. The zero-order valence-electron chi connectivity index (χ0n) is 15.0. The number of aryl methyl sites for hydroxylation is 2. The third-order valence-corrected chi connectivity index (χ3v) is 5.38. The Morgan fingerprint density at radius 3 is 2.54 bits per heavy atom. The second-order valence-electron chi connectivity index (χ2n) is 6.17. The lowest BCUT2D eigenvalue weighted by molar-refractivity contribution is 0.136. The van der Waals surface area contributed by atoms with E-state index >= 15 is 0 Å². The molecule has 26 heavy (non-hydrogen) atoms. The van der Waals surface area contributed by atoms with Gasteiger partial charge in [0.1, 0.15) is 0 Å². The number of aromatic hydroxyl groups is 1. The Balaban J connectivity index is 2.13. The number of aromatic nitrogens is 3. The van der Waals surface area contributed by atoms with Crippen LogP contribution >= 0.6 is 11.3 Å². The van der Waals surface area contributed by atoms with E-state index in [9.17, 15) is 15.3 Å². The maximum absolute atomic E-state index is 10.8. The van der Waals surface area contributed by atoms with Crippen molar-refractivity contribution >= 4 is 16.3 Å². The van der Waals surface area contributed by atoms with Gasteiger partial charge in [0, 0.05) is 19.5 Å². The van der Waals surface area contributed by atoms with Gasteiger partial charge >= 0.3 is 0 Å². The molecule has 2 heterocycles. The molecule has 2 aromatic heterocycles. The first-order valence-corrected chi connectivity index (χ1v) is 9.50. The summed E-state index contributed by atoms with van der Waals surface area (Å²) < 4.78 is 1.47. The van der Waals surface area contributed by atoms with E-state index in [2.05, 4.69) is 16.1 Å². The fourth-order valence-electron chi connectivity index (χ4n) is 3.11. The van der Waals surface area contributed by atoms with Crippen molar-refractivity contribution in [1.29, 1.82) is 0 Å². The molecule has 3 aromatic rings. The number of aliphatic hydroxyl groups is 2. The second-order valence-corrected chi connectivity index (χ2v) is 7.17. The molecule has 0 aliphatic rings. The van der Waals surface area contributed by atoms with Crippen LogP contribution in [0.2, 0.25) is 0 Å². The summed E-state index contributed by atoms with van der Waals surface area (Å²) in [7, 11) is 0. The van der Waals surface area contributed by atoms with Crippen molar-refractivity contribution in [3.05, 3.63) is 46.1 Å². The van der Waals surface area contributed by atoms with Crippen molar-refractivity contribution in [1.82, 2.24) is 19.5 Å². The second kappa shape index (κ2) is 8.13. The van der Waals surface area contributed by atoms with Gasteiger partial charge in [0.25, 0.3) is 0 Å². The van der Waals surface area contributed by atoms with E-state index in [0.29, 0.717) is 35.2 Å². The van der Waals surface area contributed by atoms with Crippen molar-refractivity contribution in [2.45, 2.75) is 26.3 Å². The minimum Gasteiger partial charge on any atom is -0.492 e. The number of hydrogen-bond donors (Lipinski definition) is 3. The monoisotopic (exact) mass is 376 g/mol. The van der Waals surface area contributed by atoms with E-state index in [1.807, 2.05) is 36.9 Å². The standard InChI is InChI=1S/C18H24N4O3S/c1-3-14-19-18-22(20-14)17(25)16(26-18)15(21(7-9-23)8-10-24)13-6-4-5-12(2)11-13/h4-6,11,15,23-25H,3,7-10H2,1-2H3. The smallest absolute Gasteiger partial charge is 0.230 e. The molecule has 0 saturated carbocycles. The molecule has 0 aliphatic carbocycles. The van der Waals surface area contributed by atoms with Gasteiger partial charge in [-0.25, -0.2) is 4.98 Å². The van der Waals surface area contributed by atoms with Crippen molar-refractivity contribution in [2.75, 3.05) is 26.3 Å². The highest BCUT2D eigenvalue weighted by Gasteiger charge is 2.29. The molecule has 0 aliphatic heterocycles. The van der Waals surface area contributed by atoms with Crippen molar-refractivity contribution in [3.8, 4) is 5.88 Å². The number of fused-ring (bicyclic) bond motifs is 1. The summed E-state index contributed by atoms with van der Waals surface area (Å²) in [6, 6.07) is 7.73. The van der Waals surface area contributed by atoms with Crippen LogP contribution in [0.5, 0.6) is 5.88 Å². The molecule has 3 rings (SSSR count). The van der Waals surface area contributed by atoms with Crippen LogP contribution in [0.15, 0.2) is 24.3 Å². The molecule has 1 unspecified atom stereocenters. The molecular formula is C18H24N4O3S. The molecule has 0 radical (unpaired) electrons. The van der Waals surface area contributed by atoms with E-state index in [1.54, 1.807) is 0 Å². The van der Waals surface area contributed by atoms with Gasteiger partial charge in [0.05, 0.1) is 24.1 Å². The fourth-order valence-corrected chi connectivity index (χ4v) is 4.25. The number of nitrogens with zero attached hydrogens (tertiary/aromatic N) is 4. The van der Waals surface area contributed by atoms with E-state index in [0.717, 1.165) is 11.1 Å². The van der Waals surface area contributed by atoms with E-state index in [1.165, 1.54) is 15.9 Å². The highest BCUT2D eigenvalue weighted by molar-refractivity contribution is 7.17. The van der Waals surface area contributed by atoms with Gasteiger partial charge < -0.3 is 15.3 Å². The topological polar surface area (TPSA) is 94.1 Å². The Hall–Kier alpha value is -2.00. The highest BCUT2D eigenvalue weighted by atomic mass is 32.1. The predicted octanol–water partition coefficient (Wildman–Crippen LogP) is 1.74. The maximum atomic E-state index is 10.8. The lowest BCUT2D eigenvalue weighted by Crippen LogP contribution is -2.34. The van der Waals surface area contributed by atoms with Crippen molar-refractivity contribution < 1.29 is 15.3 Å². The van der Waals surface area contributed by atoms with E-state index in [-0.39, 0.29) is 25.1 Å². The van der Waals surface area contributed by atoms with Gasteiger partial charge in [0.2, 0.25) is 10.8 Å².